The lowest BCUT2D eigenvalue weighted by Gasteiger charge is -2.23. The van der Waals surface area contributed by atoms with Gasteiger partial charge in [-0.05, 0) is 25.8 Å². The van der Waals surface area contributed by atoms with E-state index in [1.807, 2.05) is 13.8 Å². The SMILES string of the molecule is CCC1(C(=O)O)CCN(C(=O)c2cc(C)nn2C)C1. The highest BCUT2D eigenvalue weighted by molar-refractivity contribution is 5.93. The lowest BCUT2D eigenvalue weighted by Crippen LogP contribution is -2.37. The van der Waals surface area contributed by atoms with E-state index in [-0.39, 0.29) is 12.5 Å². The van der Waals surface area contributed by atoms with E-state index in [1.165, 1.54) is 0 Å². The van der Waals surface area contributed by atoms with E-state index < -0.39 is 11.4 Å². The summed E-state index contributed by atoms with van der Waals surface area (Å²) in [6, 6.07) is 1.73. The third-order valence-corrected chi connectivity index (χ3v) is 3.99. The minimum Gasteiger partial charge on any atom is -0.481 e. The van der Waals surface area contributed by atoms with Crippen molar-refractivity contribution in [2.45, 2.75) is 26.7 Å². The molecule has 0 aromatic carbocycles. The Morgan fingerprint density at radius 1 is 1.53 bits per heavy atom. The number of carboxylic acid groups (broad SMARTS) is 1. The Labute approximate surface area is 112 Å². The number of nitrogens with zero attached hydrogens (tertiary/aromatic N) is 3. The summed E-state index contributed by atoms with van der Waals surface area (Å²) >= 11 is 0. The molecule has 2 heterocycles. The molecule has 0 bridgehead atoms. The Bertz CT molecular complexity index is 523. The number of carbonyl (C=O) groups excluding carboxylic acids is 1. The Balaban J connectivity index is 2.19. The number of hydrogen-bond acceptors (Lipinski definition) is 3. The van der Waals surface area contributed by atoms with Gasteiger partial charge in [-0.15, -0.1) is 0 Å². The summed E-state index contributed by atoms with van der Waals surface area (Å²) < 4.78 is 1.55. The van der Waals surface area contributed by atoms with E-state index >= 15 is 0 Å². The van der Waals surface area contributed by atoms with Gasteiger partial charge in [0.2, 0.25) is 0 Å². The monoisotopic (exact) mass is 265 g/mol. The second-order valence-electron chi connectivity index (χ2n) is 5.21. The van der Waals surface area contributed by atoms with Crippen LogP contribution in [0.4, 0.5) is 0 Å². The van der Waals surface area contributed by atoms with E-state index in [1.54, 1.807) is 22.7 Å². The van der Waals surface area contributed by atoms with Crippen LogP contribution in [0.3, 0.4) is 0 Å². The fourth-order valence-corrected chi connectivity index (χ4v) is 2.63. The topological polar surface area (TPSA) is 75.4 Å². The molecule has 1 aliphatic rings. The standard InChI is InChI=1S/C13H19N3O3/c1-4-13(12(18)19)5-6-16(8-13)11(17)10-7-9(2)14-15(10)3/h7H,4-6,8H2,1-3H3,(H,18,19). The highest BCUT2D eigenvalue weighted by atomic mass is 16.4. The number of likely N-dealkylation sites (tertiary alicyclic amines) is 1. The predicted octanol–water partition coefficient (Wildman–Crippen LogP) is 1.06. The van der Waals surface area contributed by atoms with Crippen LogP contribution < -0.4 is 0 Å². The number of aryl methyl sites for hydroxylation is 2. The molecule has 1 N–H and O–H groups in total. The van der Waals surface area contributed by atoms with Crippen molar-refractivity contribution in [1.29, 1.82) is 0 Å². The van der Waals surface area contributed by atoms with E-state index in [0.717, 1.165) is 5.69 Å². The molecule has 6 heteroatoms. The van der Waals surface area contributed by atoms with E-state index in [0.29, 0.717) is 25.1 Å². The normalized spacial score (nSPS) is 22.8. The third kappa shape index (κ3) is 2.22. The van der Waals surface area contributed by atoms with Crippen LogP contribution in [0.2, 0.25) is 0 Å². The van der Waals surface area contributed by atoms with Crippen molar-refractivity contribution >= 4 is 11.9 Å². The van der Waals surface area contributed by atoms with Crippen LogP contribution in [0.1, 0.15) is 35.9 Å². The largest absolute Gasteiger partial charge is 0.481 e. The van der Waals surface area contributed by atoms with Gasteiger partial charge in [-0.2, -0.15) is 5.10 Å². The molecular weight excluding hydrogens is 246 g/mol. The minimum absolute atomic E-state index is 0.139. The lowest BCUT2D eigenvalue weighted by atomic mass is 9.84. The number of aromatic nitrogens is 2. The van der Waals surface area contributed by atoms with Gasteiger partial charge in [-0.3, -0.25) is 14.3 Å². The summed E-state index contributed by atoms with van der Waals surface area (Å²) in [5, 5.41) is 13.5. The fraction of sp³-hybridized carbons (Fsp3) is 0.615. The van der Waals surface area contributed by atoms with Gasteiger partial charge in [-0.1, -0.05) is 6.92 Å². The summed E-state index contributed by atoms with van der Waals surface area (Å²) in [4.78, 5) is 25.4. The smallest absolute Gasteiger partial charge is 0.311 e. The zero-order chi connectivity index (χ0) is 14.2. The summed E-state index contributed by atoms with van der Waals surface area (Å²) in [5.74, 6) is -0.953. The van der Waals surface area contributed by atoms with E-state index in [4.69, 9.17) is 0 Å². The van der Waals surface area contributed by atoms with Crippen LogP contribution in [0, 0.1) is 12.3 Å². The predicted molar refractivity (Wildman–Crippen MR) is 68.8 cm³/mol. The summed E-state index contributed by atoms with van der Waals surface area (Å²) in [6.45, 7) is 4.45. The van der Waals surface area contributed by atoms with Gasteiger partial charge in [-0.25, -0.2) is 0 Å². The first-order chi connectivity index (χ1) is 8.89. The van der Waals surface area contributed by atoms with Gasteiger partial charge in [0.25, 0.3) is 5.91 Å². The molecule has 2 rings (SSSR count). The Kier molecular flexibility index (Phi) is 3.34. The van der Waals surface area contributed by atoms with Crippen LogP contribution in [0.5, 0.6) is 0 Å². The van der Waals surface area contributed by atoms with Crippen molar-refractivity contribution in [1.82, 2.24) is 14.7 Å². The van der Waals surface area contributed by atoms with Crippen molar-refractivity contribution in [2.75, 3.05) is 13.1 Å². The maximum absolute atomic E-state index is 12.4. The average molecular weight is 265 g/mol. The van der Waals surface area contributed by atoms with E-state index in [9.17, 15) is 14.7 Å². The van der Waals surface area contributed by atoms with Gasteiger partial charge in [0, 0.05) is 20.1 Å². The number of rotatable bonds is 3. The fourth-order valence-electron chi connectivity index (χ4n) is 2.63. The molecule has 1 fully saturated rings. The second kappa shape index (κ2) is 4.68. The molecule has 0 aliphatic carbocycles. The quantitative estimate of drug-likeness (QED) is 0.886. The molecule has 0 radical (unpaired) electrons. The van der Waals surface area contributed by atoms with Gasteiger partial charge in [0.15, 0.2) is 0 Å². The van der Waals surface area contributed by atoms with Gasteiger partial charge < -0.3 is 10.0 Å². The Morgan fingerprint density at radius 3 is 2.63 bits per heavy atom. The molecule has 6 nitrogen and oxygen atoms in total. The summed E-state index contributed by atoms with van der Waals surface area (Å²) in [6.07, 6.45) is 1.05. The first-order valence-corrected chi connectivity index (χ1v) is 6.43. The van der Waals surface area contributed by atoms with Crippen LogP contribution in [0.25, 0.3) is 0 Å². The maximum Gasteiger partial charge on any atom is 0.311 e. The van der Waals surface area contributed by atoms with Crippen LogP contribution in [-0.2, 0) is 11.8 Å². The average Bonchev–Trinajstić information content (AvgIpc) is 2.93. The second-order valence-corrected chi connectivity index (χ2v) is 5.21. The number of amides is 1. The molecule has 1 aromatic heterocycles. The molecule has 1 aromatic rings. The molecule has 0 saturated carbocycles. The number of carbonyl (C=O) groups is 2. The molecular formula is C13H19N3O3. The van der Waals surface area contributed by atoms with Crippen molar-refractivity contribution in [3.63, 3.8) is 0 Å². The minimum atomic E-state index is -0.813. The highest BCUT2D eigenvalue weighted by Gasteiger charge is 2.45. The molecule has 1 unspecified atom stereocenters. The van der Waals surface area contributed by atoms with Crippen LogP contribution in [-0.4, -0.2) is 44.8 Å². The third-order valence-electron chi connectivity index (χ3n) is 3.99. The van der Waals surface area contributed by atoms with Crippen molar-refractivity contribution in [3.8, 4) is 0 Å². The molecule has 1 atom stereocenters. The zero-order valence-electron chi connectivity index (χ0n) is 11.5. The Morgan fingerprint density at radius 2 is 2.21 bits per heavy atom. The van der Waals surface area contributed by atoms with Crippen LogP contribution in [0.15, 0.2) is 6.07 Å². The summed E-state index contributed by atoms with van der Waals surface area (Å²) in [7, 11) is 1.72. The number of carboxylic acids is 1. The highest BCUT2D eigenvalue weighted by Crippen LogP contribution is 2.34. The van der Waals surface area contributed by atoms with Gasteiger partial charge in [0.05, 0.1) is 11.1 Å². The van der Waals surface area contributed by atoms with Crippen molar-refractivity contribution in [2.24, 2.45) is 12.5 Å². The van der Waals surface area contributed by atoms with Gasteiger partial charge in [0.1, 0.15) is 5.69 Å². The first kappa shape index (κ1) is 13.6. The summed E-state index contributed by atoms with van der Waals surface area (Å²) in [5.41, 5.74) is 0.503. The van der Waals surface area contributed by atoms with Crippen molar-refractivity contribution in [3.05, 3.63) is 17.5 Å². The lowest BCUT2D eigenvalue weighted by molar-refractivity contribution is -0.148. The maximum atomic E-state index is 12.4. The molecule has 0 spiro atoms. The van der Waals surface area contributed by atoms with Crippen LogP contribution >= 0.6 is 0 Å². The van der Waals surface area contributed by atoms with Crippen molar-refractivity contribution < 1.29 is 14.7 Å². The zero-order valence-corrected chi connectivity index (χ0v) is 11.5. The Hall–Kier alpha value is -1.85. The number of hydrogen-bond donors (Lipinski definition) is 1. The van der Waals surface area contributed by atoms with E-state index in [2.05, 4.69) is 5.10 Å². The molecule has 1 amide bonds. The molecule has 1 aliphatic heterocycles. The van der Waals surface area contributed by atoms with Gasteiger partial charge >= 0.3 is 5.97 Å². The molecule has 104 valence electrons. The molecule has 1 saturated heterocycles. The number of aliphatic carboxylic acids is 1. The molecule has 19 heavy (non-hydrogen) atoms. The first-order valence-electron chi connectivity index (χ1n) is 6.43.